The maximum atomic E-state index is 12.5. The van der Waals surface area contributed by atoms with Crippen LogP contribution in [-0.4, -0.2) is 31.6 Å². The van der Waals surface area contributed by atoms with E-state index in [2.05, 4.69) is 0 Å². The molecule has 0 fully saturated rings. The molecule has 0 saturated heterocycles. The van der Waals surface area contributed by atoms with E-state index in [1.807, 2.05) is 0 Å². The maximum absolute atomic E-state index is 12.5. The highest BCUT2D eigenvalue weighted by molar-refractivity contribution is 6.07. The SMILES string of the molecule is O=C(/C=C/c1cc(Cc2ccc(O)c(/C=C/C(=O)c3ccc([N+](=O)[O-])cc3)c2)ccc1O)c1ccc([N+](=O)[O-])cc1. The van der Waals surface area contributed by atoms with Crippen molar-refractivity contribution in [3.63, 3.8) is 0 Å². The van der Waals surface area contributed by atoms with Gasteiger partial charge in [0, 0.05) is 46.5 Å². The van der Waals surface area contributed by atoms with Crippen LogP contribution in [0.4, 0.5) is 11.4 Å². The average molecular weight is 551 g/mol. The van der Waals surface area contributed by atoms with Crippen molar-refractivity contribution in [3.05, 3.63) is 151 Å². The molecule has 4 rings (SSSR count). The van der Waals surface area contributed by atoms with E-state index >= 15 is 0 Å². The highest BCUT2D eigenvalue weighted by Crippen LogP contribution is 2.25. The molecule has 10 nitrogen and oxygen atoms in total. The molecular weight excluding hydrogens is 528 g/mol. The molecule has 4 aromatic rings. The van der Waals surface area contributed by atoms with Crippen LogP contribution in [0.5, 0.6) is 11.5 Å². The number of aromatic hydroxyl groups is 2. The number of nitrogens with zero attached hydrogens (tertiary/aromatic N) is 2. The van der Waals surface area contributed by atoms with E-state index in [0.717, 1.165) is 11.1 Å². The number of allylic oxidation sites excluding steroid dienone is 2. The third-order valence-corrected chi connectivity index (χ3v) is 6.15. The summed E-state index contributed by atoms with van der Waals surface area (Å²) in [5, 5.41) is 42.2. The molecule has 0 heterocycles. The largest absolute Gasteiger partial charge is 0.507 e. The molecule has 2 N–H and O–H groups in total. The van der Waals surface area contributed by atoms with Crippen molar-refractivity contribution in [1.29, 1.82) is 0 Å². The lowest BCUT2D eigenvalue weighted by molar-refractivity contribution is -0.385. The number of nitro groups is 2. The van der Waals surface area contributed by atoms with E-state index in [1.165, 1.54) is 85.0 Å². The van der Waals surface area contributed by atoms with Gasteiger partial charge < -0.3 is 10.2 Å². The van der Waals surface area contributed by atoms with Gasteiger partial charge in [-0.15, -0.1) is 0 Å². The Morgan fingerprint density at radius 3 is 1.32 bits per heavy atom. The highest BCUT2D eigenvalue weighted by atomic mass is 16.6. The van der Waals surface area contributed by atoms with Crippen LogP contribution in [0, 0.1) is 20.2 Å². The van der Waals surface area contributed by atoms with Gasteiger partial charge in [-0.3, -0.25) is 29.8 Å². The zero-order valence-electron chi connectivity index (χ0n) is 21.3. The van der Waals surface area contributed by atoms with Crippen LogP contribution in [0.1, 0.15) is 43.0 Å². The van der Waals surface area contributed by atoms with E-state index in [-0.39, 0.29) is 45.6 Å². The number of ketones is 2. The number of hydrogen-bond acceptors (Lipinski definition) is 8. The lowest BCUT2D eigenvalue weighted by Gasteiger charge is -2.08. The summed E-state index contributed by atoms with van der Waals surface area (Å²) in [5.41, 5.74) is 2.66. The molecule has 0 radical (unpaired) electrons. The van der Waals surface area contributed by atoms with Gasteiger partial charge in [-0.1, -0.05) is 12.1 Å². The second-order valence-corrected chi connectivity index (χ2v) is 8.97. The summed E-state index contributed by atoms with van der Waals surface area (Å²) >= 11 is 0. The van der Waals surface area contributed by atoms with Crippen LogP contribution < -0.4 is 0 Å². The molecule has 0 aliphatic heterocycles. The van der Waals surface area contributed by atoms with E-state index in [4.69, 9.17) is 0 Å². The quantitative estimate of drug-likeness (QED) is 0.101. The topological polar surface area (TPSA) is 161 Å². The molecule has 10 heteroatoms. The zero-order chi connectivity index (χ0) is 29.5. The van der Waals surface area contributed by atoms with Crippen molar-refractivity contribution in [3.8, 4) is 11.5 Å². The fraction of sp³-hybridized carbons (Fsp3) is 0.0323. The summed E-state index contributed by atoms with van der Waals surface area (Å²) < 4.78 is 0. The molecule has 0 amide bonds. The van der Waals surface area contributed by atoms with Gasteiger partial charge in [0.05, 0.1) is 9.85 Å². The first-order valence-electron chi connectivity index (χ1n) is 12.2. The third-order valence-electron chi connectivity index (χ3n) is 6.15. The molecule has 0 bridgehead atoms. The minimum atomic E-state index is -0.553. The van der Waals surface area contributed by atoms with Crippen molar-refractivity contribution in [2.75, 3.05) is 0 Å². The molecule has 4 aromatic carbocycles. The normalized spacial score (nSPS) is 11.1. The van der Waals surface area contributed by atoms with Gasteiger partial charge in [0.15, 0.2) is 11.6 Å². The van der Waals surface area contributed by atoms with Gasteiger partial charge in [-0.05, 0) is 90.4 Å². The number of phenols is 2. The number of benzene rings is 4. The Balaban J connectivity index is 1.47. The molecule has 204 valence electrons. The Kier molecular flexibility index (Phi) is 8.44. The fourth-order valence-electron chi connectivity index (χ4n) is 3.95. The average Bonchev–Trinajstić information content (AvgIpc) is 2.97. The second-order valence-electron chi connectivity index (χ2n) is 8.97. The second kappa shape index (κ2) is 12.3. The predicted molar refractivity (Wildman–Crippen MR) is 152 cm³/mol. The van der Waals surface area contributed by atoms with Crippen molar-refractivity contribution < 1.29 is 29.6 Å². The van der Waals surface area contributed by atoms with E-state index in [9.17, 15) is 40.0 Å². The minimum absolute atomic E-state index is 0.0411. The number of non-ortho nitro benzene ring substituents is 2. The number of carbonyl (C=O) groups is 2. The first-order chi connectivity index (χ1) is 19.6. The molecule has 41 heavy (non-hydrogen) atoms. The van der Waals surface area contributed by atoms with Crippen molar-refractivity contribution in [2.45, 2.75) is 6.42 Å². The number of phenolic OH excluding ortho intramolecular Hbond substituents is 2. The van der Waals surface area contributed by atoms with Gasteiger partial charge in [0.2, 0.25) is 0 Å². The summed E-state index contributed by atoms with van der Waals surface area (Å²) in [5.74, 6) is -0.855. The summed E-state index contributed by atoms with van der Waals surface area (Å²) in [4.78, 5) is 45.5. The Morgan fingerprint density at radius 1 is 0.610 bits per heavy atom. The van der Waals surface area contributed by atoms with Crippen LogP contribution in [0.3, 0.4) is 0 Å². The van der Waals surface area contributed by atoms with Gasteiger partial charge in [-0.25, -0.2) is 0 Å². The maximum Gasteiger partial charge on any atom is 0.269 e. The summed E-state index contributed by atoms with van der Waals surface area (Å²) in [6.45, 7) is 0. The molecule has 0 aliphatic carbocycles. The number of rotatable bonds is 10. The molecule has 0 unspecified atom stereocenters. The number of nitro benzene ring substituents is 2. The molecule has 0 spiro atoms. The first-order valence-corrected chi connectivity index (χ1v) is 12.2. The van der Waals surface area contributed by atoms with Crippen LogP contribution in [0.25, 0.3) is 12.2 Å². The van der Waals surface area contributed by atoms with E-state index < -0.39 is 9.85 Å². The monoisotopic (exact) mass is 550 g/mol. The predicted octanol–water partition coefficient (Wildman–Crippen LogP) is 6.30. The van der Waals surface area contributed by atoms with Gasteiger partial charge in [-0.2, -0.15) is 0 Å². The van der Waals surface area contributed by atoms with Crippen molar-refractivity contribution in [1.82, 2.24) is 0 Å². The summed E-state index contributed by atoms with van der Waals surface area (Å²) in [6.07, 6.45) is 5.86. The Hall–Kier alpha value is -5.90. The first kappa shape index (κ1) is 28.1. The van der Waals surface area contributed by atoms with E-state index in [0.29, 0.717) is 17.5 Å². The summed E-state index contributed by atoms with van der Waals surface area (Å²) in [6, 6.07) is 20.2. The highest BCUT2D eigenvalue weighted by Gasteiger charge is 2.10. The zero-order valence-corrected chi connectivity index (χ0v) is 21.3. The van der Waals surface area contributed by atoms with Crippen molar-refractivity contribution in [2.24, 2.45) is 0 Å². The Bertz CT molecular complexity index is 1580. The van der Waals surface area contributed by atoms with Gasteiger partial charge >= 0.3 is 0 Å². The molecule has 0 aliphatic rings. The Morgan fingerprint density at radius 2 is 0.976 bits per heavy atom. The van der Waals surface area contributed by atoms with E-state index in [1.54, 1.807) is 24.3 Å². The van der Waals surface area contributed by atoms with Crippen molar-refractivity contribution >= 4 is 35.1 Å². The van der Waals surface area contributed by atoms with Gasteiger partial charge in [0.25, 0.3) is 11.4 Å². The fourth-order valence-corrected chi connectivity index (χ4v) is 3.95. The number of hydrogen-bond donors (Lipinski definition) is 2. The summed E-state index contributed by atoms with van der Waals surface area (Å²) in [7, 11) is 0. The Labute approximate surface area is 233 Å². The molecule has 0 saturated carbocycles. The molecule has 0 aromatic heterocycles. The lowest BCUT2D eigenvalue weighted by atomic mass is 9.99. The third kappa shape index (κ3) is 7.15. The smallest absolute Gasteiger partial charge is 0.269 e. The van der Waals surface area contributed by atoms with Gasteiger partial charge in [0.1, 0.15) is 11.5 Å². The lowest BCUT2D eigenvalue weighted by Crippen LogP contribution is -1.96. The standard InChI is InChI=1S/C31H22N2O8/c34-28(22-3-9-26(10-4-22)32(38)39)15-7-24-18-20(1-13-30(24)36)17-21-2-14-31(37)25(19-21)8-16-29(35)23-5-11-27(12-6-23)33(40)41/h1-16,18-19,36-37H,17H2/b15-7+,16-8+. The molecule has 0 atom stereocenters. The van der Waals surface area contributed by atoms with Crippen LogP contribution in [-0.2, 0) is 6.42 Å². The number of carbonyl (C=O) groups excluding carboxylic acids is 2. The van der Waals surface area contributed by atoms with Crippen LogP contribution >= 0.6 is 0 Å². The van der Waals surface area contributed by atoms with Crippen LogP contribution in [0.2, 0.25) is 0 Å². The van der Waals surface area contributed by atoms with Crippen LogP contribution in [0.15, 0.2) is 97.1 Å². The molecular formula is C31H22N2O8. The minimum Gasteiger partial charge on any atom is -0.507 e.